The molecule has 0 atom stereocenters. The maximum Gasteiger partial charge on any atom is 0.229 e. The largest absolute Gasteiger partial charge is 0.355 e. The number of nitrogens with one attached hydrogen (secondary N) is 2. The van der Waals surface area contributed by atoms with Crippen molar-refractivity contribution in [2.75, 3.05) is 35.2 Å². The summed E-state index contributed by atoms with van der Waals surface area (Å²) in [5.41, 5.74) is 8.73. The number of carbonyl (C=O) groups is 1. The Hall–Kier alpha value is -2.19. The molecule has 27 heavy (non-hydrogen) atoms. The molecule has 8 heteroatoms. The minimum absolute atomic E-state index is 0.0718. The summed E-state index contributed by atoms with van der Waals surface area (Å²) in [6.07, 6.45) is 5.24. The van der Waals surface area contributed by atoms with E-state index in [0.29, 0.717) is 18.3 Å². The van der Waals surface area contributed by atoms with E-state index in [1.165, 1.54) is 0 Å². The first-order chi connectivity index (χ1) is 13.1. The van der Waals surface area contributed by atoms with Crippen molar-refractivity contribution in [3.8, 4) is 0 Å². The number of amides is 1. The third-order valence-electron chi connectivity index (χ3n) is 5.23. The lowest BCUT2D eigenvalue weighted by molar-refractivity contribution is -0.116. The maximum atomic E-state index is 11.5. The van der Waals surface area contributed by atoms with Gasteiger partial charge in [0.25, 0.3) is 0 Å². The standard InChI is InChI=1S/C19H23BrN6O/c20-15-11-22-19(25-18(15)26-7-5-12(10-21)6-8-26)23-14-2-3-16-13(9-14)1-4-17(27)24-16/h2-3,9,11-12H,1,4-8,10,21H2,(H,24,27)(H,22,23,25). The predicted molar refractivity (Wildman–Crippen MR) is 110 cm³/mol. The van der Waals surface area contributed by atoms with Gasteiger partial charge in [0.05, 0.1) is 4.47 Å². The molecule has 4 N–H and O–H groups in total. The zero-order valence-corrected chi connectivity index (χ0v) is 16.6. The Labute approximate surface area is 166 Å². The van der Waals surface area contributed by atoms with Crippen molar-refractivity contribution in [3.05, 3.63) is 34.4 Å². The third kappa shape index (κ3) is 4.06. The number of carbonyl (C=O) groups excluding carboxylic acids is 1. The van der Waals surface area contributed by atoms with E-state index in [1.807, 2.05) is 18.2 Å². The van der Waals surface area contributed by atoms with E-state index in [1.54, 1.807) is 6.20 Å². The number of aryl methyl sites for hydroxylation is 1. The van der Waals surface area contributed by atoms with E-state index < -0.39 is 0 Å². The molecule has 2 aromatic rings. The number of halogens is 1. The highest BCUT2D eigenvalue weighted by atomic mass is 79.9. The Morgan fingerprint density at radius 3 is 2.89 bits per heavy atom. The molecule has 2 aliphatic heterocycles. The molecule has 0 radical (unpaired) electrons. The van der Waals surface area contributed by atoms with Gasteiger partial charge in [0.15, 0.2) is 0 Å². The monoisotopic (exact) mass is 430 g/mol. The van der Waals surface area contributed by atoms with Gasteiger partial charge in [-0.05, 0) is 71.4 Å². The summed E-state index contributed by atoms with van der Waals surface area (Å²) in [5, 5.41) is 6.19. The van der Waals surface area contributed by atoms with Crippen LogP contribution in [0.25, 0.3) is 0 Å². The summed E-state index contributed by atoms with van der Waals surface area (Å²) in [6.45, 7) is 2.66. The first-order valence-electron chi connectivity index (χ1n) is 9.29. The summed E-state index contributed by atoms with van der Waals surface area (Å²) in [5.74, 6) is 2.15. The van der Waals surface area contributed by atoms with Crippen LogP contribution in [0.2, 0.25) is 0 Å². The highest BCUT2D eigenvalue weighted by Crippen LogP contribution is 2.30. The number of piperidine rings is 1. The summed E-state index contributed by atoms with van der Waals surface area (Å²) >= 11 is 3.58. The first-order valence-corrected chi connectivity index (χ1v) is 10.1. The molecule has 2 aliphatic rings. The van der Waals surface area contributed by atoms with Gasteiger partial charge >= 0.3 is 0 Å². The lowest BCUT2D eigenvalue weighted by Crippen LogP contribution is -2.36. The number of nitrogens with zero attached hydrogens (tertiary/aromatic N) is 3. The van der Waals surface area contributed by atoms with Crippen molar-refractivity contribution in [2.24, 2.45) is 11.7 Å². The Balaban J connectivity index is 1.51. The second kappa shape index (κ2) is 7.82. The number of rotatable bonds is 4. The minimum atomic E-state index is 0.0718. The van der Waals surface area contributed by atoms with E-state index in [-0.39, 0.29) is 5.91 Å². The first kappa shape index (κ1) is 18.2. The van der Waals surface area contributed by atoms with E-state index >= 15 is 0 Å². The minimum Gasteiger partial charge on any atom is -0.355 e. The van der Waals surface area contributed by atoms with Gasteiger partial charge in [0.2, 0.25) is 11.9 Å². The third-order valence-corrected chi connectivity index (χ3v) is 5.79. The number of hydrogen-bond acceptors (Lipinski definition) is 6. The van der Waals surface area contributed by atoms with Crippen molar-refractivity contribution >= 4 is 45.0 Å². The summed E-state index contributed by atoms with van der Waals surface area (Å²) in [6, 6.07) is 5.90. The highest BCUT2D eigenvalue weighted by molar-refractivity contribution is 9.10. The molecule has 0 aliphatic carbocycles. The van der Waals surface area contributed by atoms with E-state index in [4.69, 9.17) is 10.7 Å². The number of nitrogens with two attached hydrogens (primary N) is 1. The molecule has 0 unspecified atom stereocenters. The molecule has 142 valence electrons. The number of benzene rings is 1. The van der Waals surface area contributed by atoms with Crippen LogP contribution >= 0.6 is 15.9 Å². The lowest BCUT2D eigenvalue weighted by atomic mass is 9.97. The Kier molecular flexibility index (Phi) is 5.27. The van der Waals surface area contributed by atoms with Gasteiger partial charge < -0.3 is 21.3 Å². The van der Waals surface area contributed by atoms with Crippen molar-refractivity contribution in [3.63, 3.8) is 0 Å². The summed E-state index contributed by atoms with van der Waals surface area (Å²) < 4.78 is 0.896. The van der Waals surface area contributed by atoms with E-state index in [2.05, 4.69) is 36.4 Å². The molecule has 1 fully saturated rings. The SMILES string of the molecule is NCC1CCN(c2nc(Nc3ccc4c(c3)CCC(=O)N4)ncc2Br)CC1. The highest BCUT2D eigenvalue weighted by Gasteiger charge is 2.21. The van der Waals surface area contributed by atoms with Crippen molar-refractivity contribution < 1.29 is 4.79 Å². The molecule has 1 aromatic carbocycles. The second-order valence-corrected chi connectivity index (χ2v) is 7.93. The molecular formula is C19H23BrN6O. The van der Waals surface area contributed by atoms with Crippen LogP contribution in [0.4, 0.5) is 23.1 Å². The van der Waals surface area contributed by atoms with Gasteiger partial charge in [-0.3, -0.25) is 4.79 Å². The molecule has 1 aromatic heterocycles. The smallest absolute Gasteiger partial charge is 0.229 e. The molecule has 4 rings (SSSR count). The van der Waals surface area contributed by atoms with Gasteiger partial charge in [0.1, 0.15) is 5.82 Å². The summed E-state index contributed by atoms with van der Waals surface area (Å²) in [7, 11) is 0. The summed E-state index contributed by atoms with van der Waals surface area (Å²) in [4.78, 5) is 22.9. The van der Waals surface area contributed by atoms with Crippen LogP contribution in [0.3, 0.4) is 0 Å². The van der Waals surface area contributed by atoms with Crippen molar-refractivity contribution in [1.82, 2.24) is 9.97 Å². The molecule has 0 spiro atoms. The quantitative estimate of drug-likeness (QED) is 0.689. The number of fused-ring (bicyclic) bond motifs is 1. The normalized spacial score (nSPS) is 17.4. The second-order valence-electron chi connectivity index (χ2n) is 7.08. The zero-order chi connectivity index (χ0) is 18.8. The van der Waals surface area contributed by atoms with Crippen molar-refractivity contribution in [1.29, 1.82) is 0 Å². The Bertz CT molecular complexity index is 850. The van der Waals surface area contributed by atoms with Gasteiger partial charge in [-0.2, -0.15) is 4.98 Å². The Morgan fingerprint density at radius 1 is 1.30 bits per heavy atom. The lowest BCUT2D eigenvalue weighted by Gasteiger charge is -2.32. The fourth-order valence-electron chi connectivity index (χ4n) is 3.61. The molecule has 0 saturated carbocycles. The maximum absolute atomic E-state index is 11.5. The number of anilines is 4. The average molecular weight is 431 g/mol. The molecule has 3 heterocycles. The molecule has 1 amide bonds. The number of hydrogen-bond donors (Lipinski definition) is 3. The van der Waals surface area contributed by atoms with Crippen LogP contribution in [0, 0.1) is 5.92 Å². The van der Waals surface area contributed by atoms with E-state index in [9.17, 15) is 4.79 Å². The average Bonchev–Trinajstić information content (AvgIpc) is 2.70. The molecule has 0 bridgehead atoms. The fourth-order valence-corrected chi connectivity index (χ4v) is 4.05. The molecule has 7 nitrogen and oxygen atoms in total. The Morgan fingerprint density at radius 2 is 2.11 bits per heavy atom. The fraction of sp³-hybridized carbons (Fsp3) is 0.421. The van der Waals surface area contributed by atoms with Crippen LogP contribution in [-0.2, 0) is 11.2 Å². The van der Waals surface area contributed by atoms with Gasteiger partial charge in [-0.15, -0.1) is 0 Å². The van der Waals surface area contributed by atoms with Crippen LogP contribution in [0.1, 0.15) is 24.8 Å². The predicted octanol–water partition coefficient (Wildman–Crippen LogP) is 3.04. The topological polar surface area (TPSA) is 96.2 Å². The van der Waals surface area contributed by atoms with Gasteiger partial charge in [-0.1, -0.05) is 0 Å². The van der Waals surface area contributed by atoms with Crippen LogP contribution in [-0.4, -0.2) is 35.5 Å². The van der Waals surface area contributed by atoms with Gasteiger partial charge in [0, 0.05) is 37.1 Å². The zero-order valence-electron chi connectivity index (χ0n) is 15.0. The van der Waals surface area contributed by atoms with Crippen molar-refractivity contribution in [2.45, 2.75) is 25.7 Å². The molecular weight excluding hydrogens is 408 g/mol. The number of aromatic nitrogens is 2. The van der Waals surface area contributed by atoms with Crippen LogP contribution < -0.4 is 21.3 Å². The van der Waals surface area contributed by atoms with E-state index in [0.717, 1.165) is 66.1 Å². The molecule has 1 saturated heterocycles. The van der Waals surface area contributed by atoms with Crippen LogP contribution in [0.15, 0.2) is 28.9 Å². The van der Waals surface area contributed by atoms with Crippen LogP contribution in [0.5, 0.6) is 0 Å². The van der Waals surface area contributed by atoms with Gasteiger partial charge in [-0.25, -0.2) is 4.98 Å².